The molecule has 0 saturated heterocycles. The van der Waals surface area contributed by atoms with E-state index in [0.717, 1.165) is 28.3 Å². The van der Waals surface area contributed by atoms with Crippen LogP contribution in [-0.2, 0) is 11.3 Å². The molecule has 0 radical (unpaired) electrons. The highest BCUT2D eigenvalue weighted by atomic mass is 16.2. The molecule has 0 spiro atoms. The van der Waals surface area contributed by atoms with Crippen LogP contribution in [0.25, 0.3) is 11.1 Å². The molecule has 1 unspecified atom stereocenters. The Balaban J connectivity index is 1.72. The van der Waals surface area contributed by atoms with Crippen LogP contribution >= 0.6 is 0 Å². The van der Waals surface area contributed by atoms with Gasteiger partial charge in [-0.1, -0.05) is 78.9 Å². The number of carbonyl (C=O) groups is 1. The van der Waals surface area contributed by atoms with E-state index in [1.165, 1.54) is 5.56 Å². The predicted molar refractivity (Wildman–Crippen MR) is 107 cm³/mol. The fraction of sp³-hybridized carbons (Fsp3) is 0.174. The lowest BCUT2D eigenvalue weighted by atomic mass is 10.0. The summed E-state index contributed by atoms with van der Waals surface area (Å²) in [6, 6.07) is 28.2. The molecule has 132 valence electrons. The SMILES string of the molecule is C[C@H](C(=O)Nc1ccccc1-c1ccccc1)[NH+](C)Cc1ccccc1. The third kappa shape index (κ3) is 4.38. The molecule has 0 aliphatic rings. The number of hydrogen-bond acceptors (Lipinski definition) is 1. The van der Waals surface area contributed by atoms with Gasteiger partial charge in [-0.3, -0.25) is 4.79 Å². The molecule has 0 aliphatic heterocycles. The molecule has 0 bridgehead atoms. The van der Waals surface area contributed by atoms with Crippen LogP contribution in [0.2, 0.25) is 0 Å². The second-order valence-corrected chi connectivity index (χ2v) is 6.63. The number of rotatable bonds is 6. The van der Waals surface area contributed by atoms with Gasteiger partial charge in [-0.15, -0.1) is 0 Å². The summed E-state index contributed by atoms with van der Waals surface area (Å²) >= 11 is 0. The minimum atomic E-state index is -0.154. The van der Waals surface area contributed by atoms with E-state index < -0.39 is 0 Å². The Labute approximate surface area is 155 Å². The van der Waals surface area contributed by atoms with E-state index in [4.69, 9.17) is 0 Å². The topological polar surface area (TPSA) is 33.5 Å². The maximum Gasteiger partial charge on any atom is 0.282 e. The lowest BCUT2D eigenvalue weighted by molar-refractivity contribution is -0.907. The third-order valence-corrected chi connectivity index (χ3v) is 4.73. The molecule has 0 aliphatic carbocycles. The van der Waals surface area contributed by atoms with Crippen molar-refractivity contribution in [2.45, 2.75) is 19.5 Å². The smallest absolute Gasteiger partial charge is 0.282 e. The number of likely N-dealkylation sites (N-methyl/N-ethyl adjacent to an activating group) is 1. The van der Waals surface area contributed by atoms with Crippen molar-refractivity contribution in [3.63, 3.8) is 0 Å². The summed E-state index contributed by atoms with van der Waals surface area (Å²) in [6.45, 7) is 2.79. The molecule has 1 amide bonds. The van der Waals surface area contributed by atoms with E-state index >= 15 is 0 Å². The highest BCUT2D eigenvalue weighted by Gasteiger charge is 2.22. The van der Waals surface area contributed by atoms with Crippen molar-refractivity contribution in [1.29, 1.82) is 0 Å². The first-order valence-corrected chi connectivity index (χ1v) is 8.96. The monoisotopic (exact) mass is 345 g/mol. The zero-order chi connectivity index (χ0) is 18.4. The van der Waals surface area contributed by atoms with Crippen LogP contribution in [0.4, 0.5) is 5.69 Å². The molecule has 0 heterocycles. The molecular weight excluding hydrogens is 320 g/mol. The number of hydrogen-bond donors (Lipinski definition) is 2. The number of quaternary nitrogens is 1. The molecule has 2 N–H and O–H groups in total. The lowest BCUT2D eigenvalue weighted by Crippen LogP contribution is -3.12. The minimum Gasteiger partial charge on any atom is -0.324 e. The van der Waals surface area contributed by atoms with E-state index in [0.29, 0.717) is 0 Å². The van der Waals surface area contributed by atoms with Crippen LogP contribution in [0.3, 0.4) is 0 Å². The van der Waals surface area contributed by atoms with Crippen LogP contribution in [-0.4, -0.2) is 19.0 Å². The number of para-hydroxylation sites is 1. The zero-order valence-corrected chi connectivity index (χ0v) is 15.3. The second kappa shape index (κ2) is 8.45. The van der Waals surface area contributed by atoms with Crippen LogP contribution in [0.15, 0.2) is 84.9 Å². The minimum absolute atomic E-state index is 0.0295. The first-order valence-electron chi connectivity index (χ1n) is 8.96. The number of amides is 1. The van der Waals surface area contributed by atoms with Gasteiger partial charge in [0.15, 0.2) is 6.04 Å². The van der Waals surface area contributed by atoms with Crippen LogP contribution in [0, 0.1) is 0 Å². The van der Waals surface area contributed by atoms with E-state index in [1.54, 1.807) is 0 Å². The summed E-state index contributed by atoms with van der Waals surface area (Å²) in [5.74, 6) is 0.0295. The largest absolute Gasteiger partial charge is 0.324 e. The van der Waals surface area contributed by atoms with Gasteiger partial charge in [0, 0.05) is 16.8 Å². The molecule has 0 fully saturated rings. The van der Waals surface area contributed by atoms with Crippen molar-refractivity contribution >= 4 is 11.6 Å². The van der Waals surface area contributed by atoms with Crippen LogP contribution in [0.5, 0.6) is 0 Å². The number of nitrogens with one attached hydrogen (secondary N) is 2. The normalized spacial score (nSPS) is 13.0. The molecule has 3 rings (SSSR count). The van der Waals surface area contributed by atoms with Gasteiger partial charge >= 0.3 is 0 Å². The summed E-state index contributed by atoms with van der Waals surface area (Å²) in [5, 5.41) is 3.12. The van der Waals surface area contributed by atoms with Crippen LogP contribution in [0.1, 0.15) is 12.5 Å². The third-order valence-electron chi connectivity index (χ3n) is 4.73. The summed E-state index contributed by atoms with van der Waals surface area (Å²) in [4.78, 5) is 14.0. The van der Waals surface area contributed by atoms with Gasteiger partial charge in [0.05, 0.1) is 7.05 Å². The predicted octanol–water partition coefficient (Wildman–Crippen LogP) is 3.40. The Morgan fingerprint density at radius 1 is 0.885 bits per heavy atom. The standard InChI is InChI=1S/C23H24N2O/c1-18(25(2)17-19-11-5-3-6-12-19)23(26)24-22-16-10-9-15-21(22)20-13-7-4-8-14-20/h3-16,18H,17H2,1-2H3,(H,24,26)/p+1/t18-/m1/s1. The number of anilines is 1. The molecule has 0 saturated carbocycles. The summed E-state index contributed by atoms with van der Waals surface area (Å²) < 4.78 is 0. The highest BCUT2D eigenvalue weighted by Crippen LogP contribution is 2.27. The van der Waals surface area contributed by atoms with Gasteiger partial charge in [0.2, 0.25) is 0 Å². The second-order valence-electron chi connectivity index (χ2n) is 6.63. The summed E-state index contributed by atoms with van der Waals surface area (Å²) in [6.07, 6.45) is 0. The molecular formula is C23H25N2O+. The molecule has 2 atom stereocenters. The van der Waals surface area contributed by atoms with Crippen molar-refractivity contribution in [2.75, 3.05) is 12.4 Å². The maximum absolute atomic E-state index is 12.8. The lowest BCUT2D eigenvalue weighted by Gasteiger charge is -2.22. The summed E-state index contributed by atoms with van der Waals surface area (Å²) in [5.41, 5.74) is 4.22. The Hall–Kier alpha value is -2.91. The van der Waals surface area contributed by atoms with Gasteiger partial charge in [0.1, 0.15) is 6.54 Å². The molecule has 3 aromatic carbocycles. The maximum atomic E-state index is 12.8. The Kier molecular flexibility index (Phi) is 5.82. The van der Waals surface area contributed by atoms with Gasteiger partial charge in [-0.05, 0) is 18.6 Å². The van der Waals surface area contributed by atoms with E-state index in [9.17, 15) is 4.79 Å². The number of carbonyl (C=O) groups excluding carboxylic acids is 1. The van der Waals surface area contributed by atoms with Gasteiger partial charge in [-0.2, -0.15) is 0 Å². The molecule has 26 heavy (non-hydrogen) atoms. The van der Waals surface area contributed by atoms with Crippen molar-refractivity contribution in [1.82, 2.24) is 0 Å². The summed E-state index contributed by atoms with van der Waals surface area (Å²) in [7, 11) is 2.06. The highest BCUT2D eigenvalue weighted by molar-refractivity contribution is 5.97. The van der Waals surface area contributed by atoms with E-state index in [1.807, 2.05) is 67.6 Å². The fourth-order valence-corrected chi connectivity index (χ4v) is 3.00. The Bertz CT molecular complexity index is 846. The fourth-order valence-electron chi connectivity index (χ4n) is 3.00. The van der Waals surface area contributed by atoms with Gasteiger partial charge in [0.25, 0.3) is 5.91 Å². The first-order chi connectivity index (χ1) is 12.6. The van der Waals surface area contributed by atoms with E-state index in [-0.39, 0.29) is 11.9 Å². The molecule has 0 aromatic heterocycles. The molecule has 3 heteroatoms. The van der Waals surface area contributed by atoms with E-state index in [2.05, 4.69) is 36.6 Å². The van der Waals surface area contributed by atoms with Crippen molar-refractivity contribution in [3.05, 3.63) is 90.5 Å². The van der Waals surface area contributed by atoms with Crippen molar-refractivity contribution in [3.8, 4) is 11.1 Å². The zero-order valence-electron chi connectivity index (χ0n) is 15.3. The van der Waals surface area contributed by atoms with Crippen molar-refractivity contribution in [2.24, 2.45) is 0 Å². The van der Waals surface area contributed by atoms with Crippen LogP contribution < -0.4 is 10.2 Å². The van der Waals surface area contributed by atoms with Crippen molar-refractivity contribution < 1.29 is 9.69 Å². The molecule has 3 aromatic rings. The number of benzene rings is 3. The van der Waals surface area contributed by atoms with Gasteiger partial charge in [-0.25, -0.2) is 0 Å². The average molecular weight is 345 g/mol. The van der Waals surface area contributed by atoms with Gasteiger partial charge < -0.3 is 10.2 Å². The Morgan fingerprint density at radius 3 is 2.15 bits per heavy atom. The average Bonchev–Trinajstić information content (AvgIpc) is 2.69. The Morgan fingerprint density at radius 2 is 1.46 bits per heavy atom. The first kappa shape index (κ1) is 17.9. The quantitative estimate of drug-likeness (QED) is 0.705. The molecule has 3 nitrogen and oxygen atoms in total.